The van der Waals surface area contributed by atoms with Gasteiger partial charge in [0.1, 0.15) is 12.6 Å². The Balaban J connectivity index is 0.000000771. The Morgan fingerprint density at radius 3 is 2.05 bits per heavy atom. The molecule has 6 amide bonds. The van der Waals surface area contributed by atoms with Crippen LogP contribution in [0.25, 0.3) is 0 Å². The topological polar surface area (TPSA) is 210 Å². The zero-order chi connectivity index (χ0) is 49.7. The molecule has 16 nitrogen and oxygen atoms in total. The van der Waals surface area contributed by atoms with E-state index in [1.165, 1.54) is 24.9 Å². The standard InChI is InChI=1S/C33H57N3O6.C16H23N3O4/c1-12-16-25(14-3)31(39)24(8)34-33(40)23(7)32(42-11)26-17-15-18-36(26)29(38)20-27(41-10)30(22(6)13-2)35(9)28(37)19-21(4)5;1-10(2)14(15(17)21)19(4)16(22)23-9-12-5-7-13(8-6-12)18-11(3)20/h12,14,16,21-24,26-27,30-32,39H,1,3,13,15,17-20H2,2,4-11H3,(H,34,40);5-8,10,14H,9H2,1-4H3,(H2,17,21)(H,18,20)/b25-16+;. The molecule has 9 unspecified atom stereocenters. The second-order valence-electron chi connectivity index (χ2n) is 17.7. The van der Waals surface area contributed by atoms with Crippen LogP contribution in [0.15, 0.2) is 61.2 Å². The number of aliphatic hydroxyl groups excluding tert-OH is 1. The number of ether oxygens (including phenoxy) is 3. The molecular weight excluding hydrogens is 833 g/mol. The van der Waals surface area contributed by atoms with E-state index in [0.29, 0.717) is 30.6 Å². The maximum atomic E-state index is 13.8. The van der Waals surface area contributed by atoms with Crippen LogP contribution in [0.5, 0.6) is 0 Å². The number of rotatable bonds is 24. The van der Waals surface area contributed by atoms with Crippen LogP contribution in [0.2, 0.25) is 0 Å². The third-order valence-electron chi connectivity index (χ3n) is 11.9. The first-order valence-electron chi connectivity index (χ1n) is 22.6. The van der Waals surface area contributed by atoms with Crippen LogP contribution >= 0.6 is 0 Å². The first kappa shape index (κ1) is 58.0. The average Bonchev–Trinajstić information content (AvgIpc) is 3.73. The van der Waals surface area contributed by atoms with E-state index in [2.05, 4.69) is 37.6 Å². The summed E-state index contributed by atoms with van der Waals surface area (Å²) in [5.41, 5.74) is 7.30. The summed E-state index contributed by atoms with van der Waals surface area (Å²) < 4.78 is 16.9. The lowest BCUT2D eigenvalue weighted by Gasteiger charge is -2.39. The maximum absolute atomic E-state index is 13.8. The average molecular weight is 913 g/mol. The third-order valence-corrected chi connectivity index (χ3v) is 11.9. The van der Waals surface area contributed by atoms with E-state index in [9.17, 15) is 33.9 Å². The minimum Gasteiger partial charge on any atom is -0.445 e. The van der Waals surface area contributed by atoms with Gasteiger partial charge in [-0.25, -0.2) is 4.79 Å². The minimum absolute atomic E-state index is 0.0441. The van der Waals surface area contributed by atoms with Crippen molar-refractivity contribution in [2.24, 2.45) is 29.4 Å². The number of hydrogen-bond donors (Lipinski definition) is 4. The number of nitrogens with zero attached hydrogens (tertiary/aromatic N) is 3. The van der Waals surface area contributed by atoms with Gasteiger partial charge in [-0.1, -0.05) is 98.4 Å². The highest BCUT2D eigenvalue weighted by Crippen LogP contribution is 2.30. The molecule has 1 fully saturated rings. The van der Waals surface area contributed by atoms with Crippen LogP contribution in [-0.2, 0) is 44.8 Å². The Morgan fingerprint density at radius 1 is 0.954 bits per heavy atom. The van der Waals surface area contributed by atoms with E-state index in [1.807, 2.05) is 18.7 Å². The number of carbonyl (C=O) groups excluding carboxylic acids is 6. The molecular formula is C49H80N6O10. The van der Waals surface area contributed by atoms with Gasteiger partial charge < -0.3 is 45.5 Å². The summed E-state index contributed by atoms with van der Waals surface area (Å²) in [6, 6.07) is 5.10. The Labute approximate surface area is 388 Å². The number of primary amides is 1. The highest BCUT2D eigenvalue weighted by Gasteiger charge is 2.42. The number of likely N-dealkylation sites (N-methyl/N-ethyl adjacent to an activating group) is 2. The molecule has 0 aromatic heterocycles. The molecule has 1 saturated heterocycles. The molecule has 1 aromatic carbocycles. The number of aliphatic hydroxyl groups is 1. The number of carbonyl (C=O) groups is 6. The van der Waals surface area contributed by atoms with Gasteiger partial charge in [0.15, 0.2) is 0 Å². The smallest absolute Gasteiger partial charge is 0.410 e. The number of anilines is 1. The number of methoxy groups -OCH3 is 2. The molecule has 2 rings (SSSR count). The third kappa shape index (κ3) is 18.0. The van der Waals surface area contributed by atoms with Gasteiger partial charge in [0.25, 0.3) is 0 Å². The molecule has 1 heterocycles. The lowest BCUT2D eigenvalue weighted by molar-refractivity contribution is -0.146. The molecule has 1 aliphatic heterocycles. The van der Waals surface area contributed by atoms with E-state index >= 15 is 0 Å². The molecule has 0 spiro atoms. The van der Waals surface area contributed by atoms with E-state index in [1.54, 1.807) is 90.3 Å². The Kier molecular flexibility index (Phi) is 25.6. The number of nitrogens with two attached hydrogens (primary N) is 1. The quantitative estimate of drug-likeness (QED) is 0.0911. The molecule has 0 aliphatic carbocycles. The fourth-order valence-electron chi connectivity index (χ4n) is 8.18. The van der Waals surface area contributed by atoms with Crippen molar-refractivity contribution in [3.63, 3.8) is 0 Å². The molecule has 0 saturated carbocycles. The Bertz CT molecular complexity index is 1750. The fourth-order valence-corrected chi connectivity index (χ4v) is 8.18. The molecule has 1 aromatic rings. The molecule has 366 valence electrons. The van der Waals surface area contributed by atoms with Gasteiger partial charge >= 0.3 is 6.09 Å². The largest absolute Gasteiger partial charge is 0.445 e. The van der Waals surface area contributed by atoms with Crippen molar-refractivity contribution in [1.82, 2.24) is 20.0 Å². The summed E-state index contributed by atoms with van der Waals surface area (Å²) in [5, 5.41) is 16.2. The summed E-state index contributed by atoms with van der Waals surface area (Å²) in [4.78, 5) is 79.2. The summed E-state index contributed by atoms with van der Waals surface area (Å²) in [7, 11) is 6.44. The van der Waals surface area contributed by atoms with Crippen LogP contribution in [0.3, 0.4) is 0 Å². The lowest BCUT2D eigenvalue weighted by Crippen LogP contribution is -2.54. The summed E-state index contributed by atoms with van der Waals surface area (Å²) in [6.45, 7) is 24.7. The van der Waals surface area contributed by atoms with Crippen molar-refractivity contribution in [1.29, 1.82) is 0 Å². The molecule has 0 radical (unpaired) electrons. The highest BCUT2D eigenvalue weighted by atomic mass is 16.6. The molecule has 5 N–H and O–H groups in total. The minimum atomic E-state index is -0.947. The van der Waals surface area contributed by atoms with Crippen molar-refractivity contribution in [2.45, 2.75) is 144 Å². The number of allylic oxidation sites excluding steroid dienone is 2. The van der Waals surface area contributed by atoms with Crippen LogP contribution in [0, 0.1) is 23.7 Å². The van der Waals surface area contributed by atoms with Gasteiger partial charge in [-0.05, 0) is 60.8 Å². The van der Waals surface area contributed by atoms with Gasteiger partial charge in [0.05, 0.1) is 48.8 Å². The van der Waals surface area contributed by atoms with Gasteiger partial charge in [0.2, 0.25) is 29.5 Å². The first-order chi connectivity index (χ1) is 30.5. The Hall–Kier alpha value is -5.06. The summed E-state index contributed by atoms with van der Waals surface area (Å²) in [6.07, 6.45) is 5.09. The molecule has 9 atom stereocenters. The van der Waals surface area contributed by atoms with E-state index in [4.69, 9.17) is 19.9 Å². The number of likely N-dealkylation sites (tertiary alicyclic amines) is 1. The van der Waals surface area contributed by atoms with E-state index < -0.39 is 48.3 Å². The lowest BCUT2D eigenvalue weighted by atomic mass is 9.90. The van der Waals surface area contributed by atoms with E-state index in [-0.39, 0.29) is 66.5 Å². The SMILES string of the molecule is C=C/C=C(\C=C)C(O)C(C)NC(=O)C(C)C(OC)C1CCCN1C(=O)CC(OC)C(C(C)CC)N(C)C(=O)CC(C)C.CC(=O)Nc1ccc(COC(=O)N(C)C(C(N)=O)C(C)C)cc1. The van der Waals surface area contributed by atoms with Crippen molar-refractivity contribution in [3.8, 4) is 0 Å². The summed E-state index contributed by atoms with van der Waals surface area (Å²) >= 11 is 0. The van der Waals surface area contributed by atoms with Gasteiger partial charge in [0, 0.05) is 53.9 Å². The van der Waals surface area contributed by atoms with Crippen molar-refractivity contribution >= 4 is 41.3 Å². The molecule has 16 heteroatoms. The van der Waals surface area contributed by atoms with Gasteiger partial charge in [-0.15, -0.1) is 0 Å². The number of benzene rings is 1. The molecule has 0 bridgehead atoms. The second-order valence-corrected chi connectivity index (χ2v) is 17.7. The normalized spacial score (nSPS) is 17.5. The van der Waals surface area contributed by atoms with E-state index in [0.717, 1.165) is 18.4 Å². The van der Waals surface area contributed by atoms with Crippen LogP contribution < -0.4 is 16.4 Å². The number of hydrogen-bond acceptors (Lipinski definition) is 10. The molecule has 1 aliphatic rings. The van der Waals surface area contributed by atoms with Crippen LogP contribution in [-0.4, -0.2) is 133 Å². The monoisotopic (exact) mass is 913 g/mol. The van der Waals surface area contributed by atoms with Gasteiger partial charge in [-0.2, -0.15) is 0 Å². The second kappa shape index (κ2) is 28.8. The predicted octanol–water partition coefficient (Wildman–Crippen LogP) is 5.84. The van der Waals surface area contributed by atoms with Crippen LogP contribution in [0.4, 0.5) is 10.5 Å². The summed E-state index contributed by atoms with van der Waals surface area (Å²) in [5.74, 6) is -1.36. The first-order valence-corrected chi connectivity index (χ1v) is 22.6. The predicted molar refractivity (Wildman–Crippen MR) is 254 cm³/mol. The Morgan fingerprint density at radius 2 is 1.57 bits per heavy atom. The highest BCUT2D eigenvalue weighted by molar-refractivity contribution is 5.88. The maximum Gasteiger partial charge on any atom is 0.410 e. The fraction of sp³-hybridized carbons (Fsp3) is 0.633. The zero-order valence-corrected chi connectivity index (χ0v) is 41.3. The number of amides is 6. The molecule has 65 heavy (non-hydrogen) atoms. The number of nitrogens with one attached hydrogen (secondary N) is 2. The zero-order valence-electron chi connectivity index (χ0n) is 41.3. The van der Waals surface area contributed by atoms with Crippen molar-refractivity contribution in [2.75, 3.05) is 40.2 Å². The van der Waals surface area contributed by atoms with Gasteiger partial charge in [-0.3, -0.25) is 28.9 Å². The van der Waals surface area contributed by atoms with Crippen LogP contribution in [0.1, 0.15) is 100.0 Å². The van der Waals surface area contributed by atoms with Crippen molar-refractivity contribution in [3.05, 3.63) is 66.8 Å². The van der Waals surface area contributed by atoms with Crippen molar-refractivity contribution < 1.29 is 48.1 Å².